The number of nitrogens with one attached hydrogen (secondary N) is 9. The summed E-state index contributed by atoms with van der Waals surface area (Å²) in [5.74, 6) is -5.59. The number of sulfonamides is 2. The van der Waals surface area contributed by atoms with E-state index in [1.807, 2.05) is 27.7 Å². The van der Waals surface area contributed by atoms with Crippen LogP contribution in [0.4, 0.5) is 47.5 Å². The summed E-state index contributed by atoms with van der Waals surface area (Å²) >= 11 is 6.29. The maximum absolute atomic E-state index is 14.6. The van der Waals surface area contributed by atoms with Crippen molar-refractivity contribution >= 4 is 108 Å². The summed E-state index contributed by atoms with van der Waals surface area (Å²) in [4.78, 5) is 131. The third-order valence-corrected chi connectivity index (χ3v) is 24.5. The van der Waals surface area contributed by atoms with Crippen LogP contribution in [0.2, 0.25) is 5.15 Å². The number of benzene rings is 2. The number of alkyl carbamates (subject to hydrolysis) is 2. The number of nitrogens with zero attached hydrogens (tertiary/aromatic N) is 6. The fourth-order valence-corrected chi connectivity index (χ4v) is 17.0. The molecule has 8 fully saturated rings. The Kier molecular flexibility index (Phi) is 27.7. The first-order chi connectivity index (χ1) is 54.1. The minimum Gasteiger partial charge on any atom is -0.472 e. The molecule has 4 heterocycles. The summed E-state index contributed by atoms with van der Waals surface area (Å²) in [6, 6.07) is 9.67. The molecule has 6 aliphatic carbocycles. The number of hydrogen-bond acceptors (Lipinski definition) is 24. The average molecular weight is 1660 g/mol. The third-order valence-electron chi connectivity index (χ3n) is 20.7. The van der Waals surface area contributed by atoms with Gasteiger partial charge in [0.1, 0.15) is 82.3 Å². The fraction of sp³-hybridized carbons (Fsp3) is 0.590. The molecular weight excluding hydrogens is 1550 g/mol. The van der Waals surface area contributed by atoms with Crippen LogP contribution >= 0.6 is 11.6 Å². The molecular formula is C78H107ClF2N16O16S2. The third kappa shape index (κ3) is 23.4. The lowest BCUT2D eigenvalue weighted by Gasteiger charge is -2.35. The van der Waals surface area contributed by atoms with Crippen LogP contribution in [0.1, 0.15) is 172 Å². The van der Waals surface area contributed by atoms with E-state index in [2.05, 4.69) is 79.8 Å². The van der Waals surface area contributed by atoms with Gasteiger partial charge in [-0.25, -0.2) is 40.2 Å². The van der Waals surface area contributed by atoms with E-state index in [4.69, 9.17) is 36.3 Å². The molecule has 8 amide bonds. The molecule has 0 spiro atoms. The Balaban J connectivity index is 0.000000233. The Morgan fingerprint density at radius 1 is 0.565 bits per heavy atom. The number of hydrogen-bond donors (Lipinski definition) is 10. The van der Waals surface area contributed by atoms with Crippen LogP contribution < -0.4 is 61.9 Å². The van der Waals surface area contributed by atoms with E-state index in [-0.39, 0.29) is 85.8 Å². The second-order valence-electron chi connectivity index (χ2n) is 33.4. The van der Waals surface area contributed by atoms with Crippen LogP contribution in [0.3, 0.4) is 0 Å². The Labute approximate surface area is 674 Å². The molecule has 11 N–H and O–H groups in total. The molecule has 2 aliphatic heterocycles. The van der Waals surface area contributed by atoms with Crippen molar-refractivity contribution in [3.8, 4) is 11.8 Å². The number of likely N-dealkylation sites (tertiary alicyclic amines) is 2. The summed E-state index contributed by atoms with van der Waals surface area (Å²) < 4.78 is 106. The van der Waals surface area contributed by atoms with E-state index in [1.54, 1.807) is 47.6 Å². The molecule has 6 saturated carbocycles. The molecule has 115 heavy (non-hydrogen) atoms. The second kappa shape index (κ2) is 36.3. The van der Waals surface area contributed by atoms with Gasteiger partial charge in [0.05, 0.1) is 23.6 Å². The molecule has 32 nitrogen and oxygen atoms in total. The quantitative estimate of drug-likeness (QED) is 0.0187. The minimum absolute atomic E-state index is 0.0127. The van der Waals surface area contributed by atoms with Gasteiger partial charge in [0.15, 0.2) is 0 Å². The first-order valence-corrected chi connectivity index (χ1v) is 42.4. The van der Waals surface area contributed by atoms with Crippen molar-refractivity contribution in [3.05, 3.63) is 103 Å². The van der Waals surface area contributed by atoms with Crippen molar-refractivity contribution in [1.82, 2.24) is 60.4 Å². The maximum Gasteiger partial charge on any atom is 0.408 e. The van der Waals surface area contributed by atoms with Gasteiger partial charge in [0.25, 0.3) is 11.8 Å². The molecule has 0 unspecified atom stereocenters. The average Bonchev–Trinajstić information content (AvgIpc) is 1.58. The Morgan fingerprint density at radius 2 is 0.930 bits per heavy atom. The number of rotatable bonds is 28. The van der Waals surface area contributed by atoms with Crippen molar-refractivity contribution in [2.24, 2.45) is 28.4 Å². The Morgan fingerprint density at radius 3 is 1.27 bits per heavy atom. The molecule has 2 saturated heterocycles. The lowest BCUT2D eigenvalue weighted by molar-refractivity contribution is -0.143. The summed E-state index contributed by atoms with van der Waals surface area (Å²) in [6.45, 7) is 25.7. The molecule has 4 aromatic rings. The zero-order valence-corrected chi connectivity index (χ0v) is 68.8. The predicted octanol–water partition coefficient (Wildman–Crippen LogP) is 8.75. The number of ether oxygens (including phenoxy) is 4. The van der Waals surface area contributed by atoms with Crippen molar-refractivity contribution in [3.63, 3.8) is 0 Å². The monoisotopic (exact) mass is 1660 g/mol. The van der Waals surface area contributed by atoms with Gasteiger partial charge < -0.3 is 71.7 Å². The zero-order valence-electron chi connectivity index (χ0n) is 66.4. The number of carbonyl (C=O) groups is 8. The first kappa shape index (κ1) is 87.8. The number of aromatic nitrogens is 4. The van der Waals surface area contributed by atoms with E-state index >= 15 is 0 Å². The summed E-state index contributed by atoms with van der Waals surface area (Å²) in [5, 5.41) is 18.9. The lowest BCUT2D eigenvalue weighted by Crippen LogP contribution is -2.60. The number of anilines is 5. The van der Waals surface area contributed by atoms with Crippen molar-refractivity contribution < 1.29 is 82.9 Å². The van der Waals surface area contributed by atoms with Crippen molar-refractivity contribution in [1.29, 1.82) is 0 Å². The molecule has 37 heteroatoms. The van der Waals surface area contributed by atoms with Gasteiger partial charge >= 0.3 is 12.2 Å². The van der Waals surface area contributed by atoms with Gasteiger partial charge in [-0.1, -0.05) is 79.1 Å². The Bertz CT molecular complexity index is 4480. The highest BCUT2D eigenvalue weighted by molar-refractivity contribution is 7.91. The van der Waals surface area contributed by atoms with Crippen LogP contribution in [-0.4, -0.2) is 190 Å². The summed E-state index contributed by atoms with van der Waals surface area (Å²) in [5.41, 5.74) is 1.25. The van der Waals surface area contributed by atoms with Crippen molar-refractivity contribution in [2.45, 2.75) is 254 Å². The van der Waals surface area contributed by atoms with Gasteiger partial charge in [0.2, 0.25) is 67.3 Å². The zero-order chi connectivity index (χ0) is 83.9. The van der Waals surface area contributed by atoms with E-state index in [0.29, 0.717) is 48.9 Å². The molecule has 0 radical (unpaired) electrons. The second-order valence-corrected chi connectivity index (χ2v) is 37.7. The number of carbonyl (C=O) groups excluding carboxylic acids is 8. The first-order valence-electron chi connectivity index (χ1n) is 39.0. The lowest BCUT2D eigenvalue weighted by atomic mass is 9.85. The van der Waals surface area contributed by atoms with Gasteiger partial charge in [0, 0.05) is 54.2 Å². The van der Waals surface area contributed by atoms with Crippen molar-refractivity contribution in [2.75, 3.05) is 29.0 Å². The fourth-order valence-electron chi connectivity index (χ4n) is 14.1. The molecule has 2 aromatic carbocycles. The topological polar surface area (TPSA) is 434 Å². The maximum atomic E-state index is 14.6. The van der Waals surface area contributed by atoms with Crippen LogP contribution in [-0.2, 0) is 58.3 Å². The summed E-state index contributed by atoms with van der Waals surface area (Å²) in [6.07, 6.45) is 7.84. The molecule has 628 valence electrons. The van der Waals surface area contributed by atoms with Crippen LogP contribution in [0, 0.1) is 34.3 Å². The van der Waals surface area contributed by atoms with E-state index in [0.717, 1.165) is 51.4 Å². The molecule has 10 atom stereocenters. The van der Waals surface area contributed by atoms with Crippen LogP contribution in [0.25, 0.3) is 0 Å². The Hall–Kier alpha value is -9.55. The molecule has 0 bridgehead atoms. The minimum atomic E-state index is -3.93. The van der Waals surface area contributed by atoms with Crippen LogP contribution in [0.15, 0.2) is 86.0 Å². The predicted molar refractivity (Wildman–Crippen MR) is 424 cm³/mol. The SMILES string of the molecule is C=C[C@@H]1C[C@]1(NC(=O)[C@@H]1C[C@@H](Oc2cc(Cl)nc(Nc3ccc(F)cc3)n2)CN1C(=O)[C@@H](NC(=O)OC1CCCC1)C(C)(C)C)C(=O)NS(=O)(=O)C1CC1.C=C[C@@H]1C[C@]1(NC(=O)[C@@H]1C[C@@H](Oc2cc(NC(C)C)nc(Nc3ccc(F)cc3)n2)CN1C(=O)[C@@H](NC(=O)OC1CCCC1)C(C)(C)C)C(=O)NS(=O)(=O)C1CC1.CC(C)N. The number of halogens is 3. The number of nitrogens with two attached hydrogens (primary N) is 1. The molecule has 2 aromatic heterocycles. The molecule has 8 aliphatic rings. The van der Waals surface area contributed by atoms with Gasteiger partial charge in [-0.3, -0.25) is 38.2 Å². The van der Waals surface area contributed by atoms with E-state index < -0.39 is 160 Å². The van der Waals surface area contributed by atoms with Gasteiger partial charge in [-0.2, -0.15) is 15.0 Å². The summed E-state index contributed by atoms with van der Waals surface area (Å²) in [7, 11) is -7.86. The van der Waals surface area contributed by atoms with Gasteiger partial charge in [-0.05, 0) is 169 Å². The largest absolute Gasteiger partial charge is 0.472 e. The molecule has 12 rings (SSSR count). The standard InChI is InChI=1S/C39H53FN8O8S.C36H45ClFN7O8S.C3H9N/c1-7-23-20-39(23,35(51)47-57(53,54)28-16-17-28)46-33(49)29-18-27(21-48(29)34(50)32(38(4,5)6)45-37(52)56-26-10-8-9-11-26)55-31-19-30(41-22(2)3)43-36(44-31)42-25-14-12-24(40)13-15-25;1-5-20-18-36(20,32(48)44-54(50,51)25-14-15-25)43-30(46)26-16-24(52-28-17-27(37)40-33(41-28)39-22-12-10-21(38)11-13-22)19-45(26)31(47)29(35(2,3)4)42-34(49)53-23-8-6-7-9-23;1-3(2)4/h7,12-15,19,22-23,26-29,32H,1,8-11,16-18,20-21H2,2-6H3,(H,45,52)(H,46,49)(H,47,51)(H2,41,42,43,44);5,10-13,17,20,23-26,29H,1,6-9,14-16,18-19H2,2-4H3,(H,42,49)(H,43,46)(H,44,48)(H,39,40,41);3H,4H2,1-2H3/t23-,27-,29+,32-,39-;20-,24-,26+,29-,36-;/m11./s1. The van der Waals surface area contributed by atoms with Crippen LogP contribution in [0.5, 0.6) is 11.8 Å². The highest BCUT2D eigenvalue weighted by Crippen LogP contribution is 2.47. The van der Waals surface area contributed by atoms with E-state index in [9.17, 15) is 64.0 Å². The normalized spacial score (nSPS) is 23.8. The smallest absolute Gasteiger partial charge is 0.408 e. The highest BCUT2D eigenvalue weighted by Gasteiger charge is 2.64. The van der Waals surface area contributed by atoms with E-state index in [1.165, 1.54) is 76.5 Å². The van der Waals surface area contributed by atoms with Gasteiger partial charge in [-0.15, -0.1) is 13.2 Å². The number of amides is 8. The highest BCUT2D eigenvalue weighted by atomic mass is 35.5.